The summed E-state index contributed by atoms with van der Waals surface area (Å²) in [6, 6.07) is 7.56. The molecule has 0 heterocycles. The molecule has 0 radical (unpaired) electrons. The Morgan fingerprint density at radius 2 is 2.12 bits per heavy atom. The van der Waals surface area contributed by atoms with Gasteiger partial charge in [-0.15, -0.1) is 0 Å². The van der Waals surface area contributed by atoms with Crippen LogP contribution in [0.25, 0.3) is 0 Å². The van der Waals surface area contributed by atoms with Crippen molar-refractivity contribution in [3.05, 3.63) is 29.8 Å². The van der Waals surface area contributed by atoms with Gasteiger partial charge in [-0.05, 0) is 37.1 Å². The van der Waals surface area contributed by atoms with Crippen LogP contribution in [0.4, 0.5) is 0 Å². The normalized spacial score (nSPS) is 14.7. The summed E-state index contributed by atoms with van der Waals surface area (Å²) in [7, 11) is 1.63. The van der Waals surface area contributed by atoms with Gasteiger partial charge in [0, 0.05) is 6.54 Å². The topological polar surface area (TPSA) is 41.5 Å². The van der Waals surface area contributed by atoms with Crippen molar-refractivity contribution < 1.29 is 9.84 Å². The molecule has 0 aromatic heterocycles. The Kier molecular flexibility index (Phi) is 4.97. The van der Waals surface area contributed by atoms with Crippen LogP contribution in [0, 0.1) is 5.92 Å². The van der Waals surface area contributed by atoms with Crippen LogP contribution in [-0.2, 0) is 5.60 Å². The molecule has 0 aliphatic rings. The van der Waals surface area contributed by atoms with Crippen LogP contribution in [0.15, 0.2) is 24.3 Å². The highest BCUT2D eigenvalue weighted by molar-refractivity contribution is 5.32. The van der Waals surface area contributed by atoms with Gasteiger partial charge < -0.3 is 15.2 Å². The maximum atomic E-state index is 10.4. The first-order valence-corrected chi connectivity index (χ1v) is 6.03. The highest BCUT2D eigenvalue weighted by Crippen LogP contribution is 2.23. The second-order valence-corrected chi connectivity index (χ2v) is 5.03. The van der Waals surface area contributed by atoms with Crippen molar-refractivity contribution in [3.63, 3.8) is 0 Å². The molecule has 0 aliphatic heterocycles. The van der Waals surface area contributed by atoms with Gasteiger partial charge in [0.2, 0.25) is 0 Å². The Hall–Kier alpha value is -1.06. The van der Waals surface area contributed by atoms with Crippen molar-refractivity contribution in [1.82, 2.24) is 5.32 Å². The van der Waals surface area contributed by atoms with E-state index in [1.165, 1.54) is 0 Å². The highest BCUT2D eigenvalue weighted by Gasteiger charge is 2.22. The van der Waals surface area contributed by atoms with E-state index < -0.39 is 5.60 Å². The van der Waals surface area contributed by atoms with Crippen LogP contribution >= 0.6 is 0 Å². The number of hydrogen-bond acceptors (Lipinski definition) is 3. The fourth-order valence-corrected chi connectivity index (χ4v) is 1.66. The molecule has 1 atom stereocenters. The Labute approximate surface area is 104 Å². The molecule has 2 N–H and O–H groups in total. The van der Waals surface area contributed by atoms with Gasteiger partial charge in [-0.1, -0.05) is 26.0 Å². The summed E-state index contributed by atoms with van der Waals surface area (Å²) in [4.78, 5) is 0. The van der Waals surface area contributed by atoms with E-state index in [9.17, 15) is 5.11 Å². The van der Waals surface area contributed by atoms with Crippen LogP contribution in [0.1, 0.15) is 26.3 Å². The van der Waals surface area contributed by atoms with Crippen LogP contribution in [0.5, 0.6) is 5.75 Å². The highest BCUT2D eigenvalue weighted by atomic mass is 16.5. The number of aliphatic hydroxyl groups is 1. The molecule has 17 heavy (non-hydrogen) atoms. The van der Waals surface area contributed by atoms with Gasteiger partial charge in [0.05, 0.1) is 12.7 Å². The van der Waals surface area contributed by atoms with Crippen molar-refractivity contribution in [2.45, 2.75) is 26.4 Å². The smallest absolute Gasteiger partial charge is 0.119 e. The van der Waals surface area contributed by atoms with Crippen LogP contribution < -0.4 is 10.1 Å². The van der Waals surface area contributed by atoms with Crippen molar-refractivity contribution in [2.75, 3.05) is 20.2 Å². The average molecular weight is 237 g/mol. The molecule has 0 spiro atoms. The Balaban J connectivity index is 2.67. The molecular formula is C14H23NO2. The van der Waals surface area contributed by atoms with Crippen molar-refractivity contribution in [3.8, 4) is 5.75 Å². The zero-order valence-corrected chi connectivity index (χ0v) is 11.2. The van der Waals surface area contributed by atoms with Gasteiger partial charge in [0.1, 0.15) is 5.75 Å². The lowest BCUT2D eigenvalue weighted by atomic mass is 9.95. The lowest BCUT2D eigenvalue weighted by Crippen LogP contribution is -2.36. The van der Waals surface area contributed by atoms with E-state index in [1.54, 1.807) is 7.11 Å². The summed E-state index contributed by atoms with van der Waals surface area (Å²) >= 11 is 0. The minimum absolute atomic E-state index is 0.540. The van der Waals surface area contributed by atoms with Gasteiger partial charge in [-0.2, -0.15) is 0 Å². The zero-order valence-electron chi connectivity index (χ0n) is 11.2. The number of rotatable bonds is 6. The van der Waals surface area contributed by atoms with Crippen molar-refractivity contribution in [2.24, 2.45) is 5.92 Å². The summed E-state index contributed by atoms with van der Waals surface area (Å²) in [5.74, 6) is 1.35. The summed E-state index contributed by atoms with van der Waals surface area (Å²) in [6.45, 7) is 7.55. The first-order chi connectivity index (χ1) is 7.95. The number of ether oxygens (including phenoxy) is 1. The van der Waals surface area contributed by atoms with E-state index in [0.717, 1.165) is 17.9 Å². The van der Waals surface area contributed by atoms with E-state index in [2.05, 4.69) is 19.2 Å². The predicted octanol–water partition coefficient (Wildman–Crippen LogP) is 2.15. The average Bonchev–Trinajstić information content (AvgIpc) is 2.28. The summed E-state index contributed by atoms with van der Waals surface area (Å²) in [5.41, 5.74) is -0.00298. The third-order valence-electron chi connectivity index (χ3n) is 2.71. The van der Waals surface area contributed by atoms with Gasteiger partial charge >= 0.3 is 0 Å². The van der Waals surface area contributed by atoms with E-state index in [4.69, 9.17) is 4.74 Å². The van der Waals surface area contributed by atoms with E-state index in [0.29, 0.717) is 12.5 Å². The summed E-state index contributed by atoms with van der Waals surface area (Å²) < 4.78 is 5.16. The van der Waals surface area contributed by atoms with Crippen LogP contribution in [0.3, 0.4) is 0 Å². The SMILES string of the molecule is COc1cccc(C(C)(O)CNCC(C)C)c1. The first-order valence-electron chi connectivity index (χ1n) is 6.03. The quantitative estimate of drug-likeness (QED) is 0.796. The maximum Gasteiger partial charge on any atom is 0.119 e. The molecule has 1 unspecified atom stereocenters. The molecule has 0 fully saturated rings. The fourth-order valence-electron chi connectivity index (χ4n) is 1.66. The first kappa shape index (κ1) is 14.0. The largest absolute Gasteiger partial charge is 0.497 e. The molecule has 0 saturated carbocycles. The van der Waals surface area contributed by atoms with E-state index >= 15 is 0 Å². The monoisotopic (exact) mass is 237 g/mol. The van der Waals surface area contributed by atoms with Crippen LogP contribution in [0.2, 0.25) is 0 Å². The second kappa shape index (κ2) is 6.03. The molecule has 1 aromatic carbocycles. The number of hydrogen-bond donors (Lipinski definition) is 2. The summed E-state index contributed by atoms with van der Waals surface area (Å²) in [5, 5.41) is 13.7. The number of methoxy groups -OCH3 is 1. The second-order valence-electron chi connectivity index (χ2n) is 5.03. The van der Waals surface area contributed by atoms with Crippen LogP contribution in [-0.4, -0.2) is 25.3 Å². The molecule has 0 aliphatic carbocycles. The molecule has 1 rings (SSSR count). The number of nitrogens with one attached hydrogen (secondary N) is 1. The summed E-state index contributed by atoms with van der Waals surface area (Å²) in [6.07, 6.45) is 0. The molecular weight excluding hydrogens is 214 g/mol. The molecule has 96 valence electrons. The zero-order chi connectivity index (χ0) is 12.9. The van der Waals surface area contributed by atoms with Gasteiger partial charge in [-0.25, -0.2) is 0 Å². The maximum absolute atomic E-state index is 10.4. The minimum Gasteiger partial charge on any atom is -0.497 e. The number of benzene rings is 1. The van der Waals surface area contributed by atoms with Crippen molar-refractivity contribution in [1.29, 1.82) is 0 Å². The molecule has 0 amide bonds. The van der Waals surface area contributed by atoms with Gasteiger partial charge in [0.25, 0.3) is 0 Å². The standard InChI is InChI=1S/C14H23NO2/c1-11(2)9-15-10-14(3,16)12-6-5-7-13(8-12)17-4/h5-8,11,15-16H,9-10H2,1-4H3. The Morgan fingerprint density at radius 1 is 1.41 bits per heavy atom. The molecule has 0 bridgehead atoms. The third kappa shape index (κ3) is 4.36. The lowest BCUT2D eigenvalue weighted by Gasteiger charge is -2.25. The van der Waals surface area contributed by atoms with Crippen molar-refractivity contribution >= 4 is 0 Å². The van der Waals surface area contributed by atoms with E-state index in [1.807, 2.05) is 31.2 Å². The molecule has 1 aromatic rings. The van der Waals surface area contributed by atoms with Gasteiger partial charge in [-0.3, -0.25) is 0 Å². The van der Waals surface area contributed by atoms with Gasteiger partial charge in [0.15, 0.2) is 0 Å². The molecule has 0 saturated heterocycles. The Morgan fingerprint density at radius 3 is 2.71 bits per heavy atom. The minimum atomic E-state index is -0.872. The predicted molar refractivity (Wildman–Crippen MR) is 70.3 cm³/mol. The Bertz CT molecular complexity index is 348. The third-order valence-corrected chi connectivity index (χ3v) is 2.71. The fraction of sp³-hybridized carbons (Fsp3) is 0.571. The molecule has 3 nitrogen and oxygen atoms in total. The lowest BCUT2D eigenvalue weighted by molar-refractivity contribution is 0.0562. The molecule has 3 heteroatoms. The van der Waals surface area contributed by atoms with E-state index in [-0.39, 0.29) is 0 Å².